The molecule has 0 rings (SSSR count). The SMILES string of the molecule is CCCCC(CC)NC(C)(C)C(=O)N(C)C. The molecular formula is C13H28N2O. The Labute approximate surface area is 101 Å². The van der Waals surface area contributed by atoms with Crippen LogP contribution in [0, 0.1) is 0 Å². The number of nitrogens with zero attached hydrogens (tertiary/aromatic N) is 1. The predicted molar refractivity (Wildman–Crippen MR) is 69.5 cm³/mol. The normalized spacial score (nSPS) is 13.6. The van der Waals surface area contributed by atoms with E-state index in [1.807, 2.05) is 13.8 Å². The topological polar surface area (TPSA) is 32.3 Å². The van der Waals surface area contributed by atoms with Crippen LogP contribution in [0.15, 0.2) is 0 Å². The van der Waals surface area contributed by atoms with E-state index in [0.717, 1.165) is 12.8 Å². The minimum absolute atomic E-state index is 0.141. The zero-order chi connectivity index (χ0) is 12.8. The third kappa shape index (κ3) is 4.97. The van der Waals surface area contributed by atoms with E-state index in [1.165, 1.54) is 12.8 Å². The van der Waals surface area contributed by atoms with Gasteiger partial charge >= 0.3 is 0 Å². The van der Waals surface area contributed by atoms with Crippen molar-refractivity contribution in [1.29, 1.82) is 0 Å². The molecule has 0 aromatic rings. The van der Waals surface area contributed by atoms with E-state index in [9.17, 15) is 4.79 Å². The van der Waals surface area contributed by atoms with Crippen molar-refractivity contribution >= 4 is 5.91 Å². The Balaban J connectivity index is 4.35. The first kappa shape index (κ1) is 15.4. The highest BCUT2D eigenvalue weighted by molar-refractivity contribution is 5.85. The minimum Gasteiger partial charge on any atom is -0.347 e. The third-order valence-corrected chi connectivity index (χ3v) is 2.90. The van der Waals surface area contributed by atoms with Crippen molar-refractivity contribution in [3.63, 3.8) is 0 Å². The summed E-state index contributed by atoms with van der Waals surface area (Å²) in [6.07, 6.45) is 4.65. The van der Waals surface area contributed by atoms with Gasteiger partial charge < -0.3 is 10.2 Å². The van der Waals surface area contributed by atoms with Gasteiger partial charge in [-0.3, -0.25) is 4.79 Å². The average Bonchev–Trinajstić information content (AvgIpc) is 2.22. The molecule has 3 heteroatoms. The molecule has 16 heavy (non-hydrogen) atoms. The molecule has 0 fully saturated rings. The molecule has 0 heterocycles. The lowest BCUT2D eigenvalue weighted by Gasteiger charge is -2.32. The predicted octanol–water partition coefficient (Wildman–Crippen LogP) is 2.41. The summed E-state index contributed by atoms with van der Waals surface area (Å²) >= 11 is 0. The number of carbonyl (C=O) groups excluding carboxylic acids is 1. The van der Waals surface area contributed by atoms with Gasteiger partial charge in [-0.25, -0.2) is 0 Å². The number of unbranched alkanes of at least 4 members (excludes halogenated alkanes) is 1. The van der Waals surface area contributed by atoms with Crippen LogP contribution in [0.25, 0.3) is 0 Å². The number of hydrogen-bond acceptors (Lipinski definition) is 2. The number of nitrogens with one attached hydrogen (secondary N) is 1. The second-order valence-corrected chi connectivity index (χ2v) is 5.22. The molecule has 0 bridgehead atoms. The summed E-state index contributed by atoms with van der Waals surface area (Å²) in [5, 5.41) is 3.47. The van der Waals surface area contributed by atoms with Crippen molar-refractivity contribution in [1.82, 2.24) is 10.2 Å². The summed E-state index contributed by atoms with van der Waals surface area (Å²) in [5.74, 6) is 0.141. The van der Waals surface area contributed by atoms with Gasteiger partial charge in [-0.05, 0) is 26.7 Å². The zero-order valence-electron chi connectivity index (χ0n) is 11.8. The van der Waals surface area contributed by atoms with Crippen LogP contribution in [-0.4, -0.2) is 36.5 Å². The molecule has 1 unspecified atom stereocenters. The van der Waals surface area contributed by atoms with Crippen molar-refractivity contribution in [3.8, 4) is 0 Å². The van der Waals surface area contributed by atoms with Gasteiger partial charge in [-0.2, -0.15) is 0 Å². The average molecular weight is 228 g/mol. The Hall–Kier alpha value is -0.570. The van der Waals surface area contributed by atoms with Gasteiger partial charge in [0.15, 0.2) is 0 Å². The van der Waals surface area contributed by atoms with Crippen LogP contribution in [0.5, 0.6) is 0 Å². The Kier molecular flexibility index (Phi) is 6.65. The Morgan fingerprint density at radius 2 is 1.88 bits per heavy atom. The monoisotopic (exact) mass is 228 g/mol. The third-order valence-electron chi connectivity index (χ3n) is 2.90. The summed E-state index contributed by atoms with van der Waals surface area (Å²) < 4.78 is 0. The van der Waals surface area contributed by atoms with Gasteiger partial charge in [0, 0.05) is 20.1 Å². The van der Waals surface area contributed by atoms with Crippen molar-refractivity contribution < 1.29 is 4.79 Å². The van der Waals surface area contributed by atoms with Crippen LogP contribution >= 0.6 is 0 Å². The molecule has 0 aliphatic rings. The van der Waals surface area contributed by atoms with Gasteiger partial charge in [0.2, 0.25) is 5.91 Å². The lowest BCUT2D eigenvalue weighted by Crippen LogP contribution is -2.55. The van der Waals surface area contributed by atoms with E-state index in [1.54, 1.807) is 19.0 Å². The first-order chi connectivity index (χ1) is 7.35. The smallest absolute Gasteiger partial charge is 0.241 e. The molecule has 1 amide bonds. The highest BCUT2D eigenvalue weighted by Crippen LogP contribution is 2.12. The van der Waals surface area contributed by atoms with E-state index in [4.69, 9.17) is 0 Å². The van der Waals surface area contributed by atoms with Gasteiger partial charge in [-0.15, -0.1) is 0 Å². The molecule has 0 aliphatic carbocycles. The molecule has 3 nitrogen and oxygen atoms in total. The summed E-state index contributed by atoms with van der Waals surface area (Å²) in [4.78, 5) is 13.6. The second kappa shape index (κ2) is 6.89. The van der Waals surface area contributed by atoms with Gasteiger partial charge in [0.25, 0.3) is 0 Å². The van der Waals surface area contributed by atoms with Crippen LogP contribution in [0.4, 0.5) is 0 Å². The molecule has 1 atom stereocenters. The van der Waals surface area contributed by atoms with Crippen LogP contribution in [0.3, 0.4) is 0 Å². The standard InChI is InChI=1S/C13H28N2O/c1-7-9-10-11(8-2)14-13(3,4)12(16)15(5)6/h11,14H,7-10H2,1-6H3. The van der Waals surface area contributed by atoms with Gasteiger partial charge in [0.05, 0.1) is 5.54 Å². The molecule has 0 aromatic heterocycles. The number of amides is 1. The Morgan fingerprint density at radius 3 is 2.25 bits per heavy atom. The van der Waals surface area contributed by atoms with E-state index in [-0.39, 0.29) is 5.91 Å². The van der Waals surface area contributed by atoms with Crippen molar-refractivity contribution in [2.24, 2.45) is 0 Å². The summed E-state index contributed by atoms with van der Waals surface area (Å²) in [5.41, 5.74) is -0.460. The molecule has 96 valence electrons. The fraction of sp³-hybridized carbons (Fsp3) is 0.923. The van der Waals surface area contributed by atoms with Crippen molar-refractivity contribution in [2.75, 3.05) is 14.1 Å². The van der Waals surface area contributed by atoms with Crippen molar-refractivity contribution in [2.45, 2.75) is 65.0 Å². The van der Waals surface area contributed by atoms with E-state index in [2.05, 4.69) is 19.2 Å². The highest BCUT2D eigenvalue weighted by Gasteiger charge is 2.30. The first-order valence-electron chi connectivity index (χ1n) is 6.34. The summed E-state index contributed by atoms with van der Waals surface area (Å²) in [7, 11) is 3.61. The van der Waals surface area contributed by atoms with E-state index in [0.29, 0.717) is 6.04 Å². The van der Waals surface area contributed by atoms with E-state index >= 15 is 0 Å². The lowest BCUT2D eigenvalue weighted by atomic mass is 9.99. The summed E-state index contributed by atoms with van der Waals surface area (Å²) in [6, 6.07) is 0.443. The largest absolute Gasteiger partial charge is 0.347 e. The minimum atomic E-state index is -0.460. The quantitative estimate of drug-likeness (QED) is 0.726. The molecule has 0 aromatic carbocycles. The molecule has 0 saturated heterocycles. The maximum Gasteiger partial charge on any atom is 0.241 e. The van der Waals surface area contributed by atoms with Crippen LogP contribution < -0.4 is 5.32 Å². The Morgan fingerprint density at radius 1 is 1.31 bits per heavy atom. The zero-order valence-corrected chi connectivity index (χ0v) is 11.8. The maximum atomic E-state index is 12.0. The molecule has 0 aliphatic heterocycles. The molecule has 1 N–H and O–H groups in total. The molecule has 0 radical (unpaired) electrons. The van der Waals surface area contributed by atoms with Crippen LogP contribution in [0.1, 0.15) is 53.4 Å². The fourth-order valence-electron chi connectivity index (χ4n) is 1.96. The van der Waals surface area contributed by atoms with Gasteiger partial charge in [-0.1, -0.05) is 26.7 Å². The molecule has 0 saturated carbocycles. The summed E-state index contributed by atoms with van der Waals surface area (Å²) in [6.45, 7) is 8.29. The second-order valence-electron chi connectivity index (χ2n) is 5.22. The number of hydrogen-bond donors (Lipinski definition) is 1. The highest BCUT2D eigenvalue weighted by atomic mass is 16.2. The molecular weight excluding hydrogens is 200 g/mol. The Bertz CT molecular complexity index is 212. The maximum absolute atomic E-state index is 12.0. The fourth-order valence-corrected chi connectivity index (χ4v) is 1.96. The number of rotatable bonds is 7. The number of likely N-dealkylation sites (N-methyl/N-ethyl adjacent to an activating group) is 1. The van der Waals surface area contributed by atoms with Crippen molar-refractivity contribution in [3.05, 3.63) is 0 Å². The first-order valence-corrected chi connectivity index (χ1v) is 6.34. The van der Waals surface area contributed by atoms with Crippen LogP contribution in [-0.2, 0) is 4.79 Å². The van der Waals surface area contributed by atoms with Crippen LogP contribution in [0.2, 0.25) is 0 Å². The number of carbonyl (C=O) groups is 1. The molecule has 0 spiro atoms. The van der Waals surface area contributed by atoms with E-state index < -0.39 is 5.54 Å². The lowest BCUT2D eigenvalue weighted by molar-refractivity contribution is -0.134. The van der Waals surface area contributed by atoms with Gasteiger partial charge in [0.1, 0.15) is 0 Å².